The van der Waals surface area contributed by atoms with Crippen LogP contribution in [0.2, 0.25) is 0 Å². The van der Waals surface area contributed by atoms with E-state index < -0.39 is 31.8 Å². The van der Waals surface area contributed by atoms with E-state index in [1.165, 1.54) is 0 Å². The maximum absolute atomic E-state index is 10.6. The van der Waals surface area contributed by atoms with Gasteiger partial charge in [-0.1, -0.05) is 0 Å². The maximum atomic E-state index is 10.6. The van der Waals surface area contributed by atoms with Crippen molar-refractivity contribution >= 4 is 17.5 Å². The van der Waals surface area contributed by atoms with E-state index in [1.807, 2.05) is 0 Å². The second-order valence-corrected chi connectivity index (χ2v) is 3.20. The van der Waals surface area contributed by atoms with Crippen LogP contribution in [0.4, 0.5) is 5.95 Å². The molecule has 0 aliphatic rings. The van der Waals surface area contributed by atoms with Crippen LogP contribution in [0.5, 0.6) is 0 Å². The van der Waals surface area contributed by atoms with Crippen molar-refractivity contribution in [2.45, 2.75) is 12.2 Å². The van der Waals surface area contributed by atoms with E-state index in [-0.39, 0.29) is 4.68 Å². The molecule has 0 aliphatic heterocycles. The molecule has 0 unspecified atom stereocenters. The van der Waals surface area contributed by atoms with Crippen LogP contribution in [0.3, 0.4) is 0 Å². The molecule has 0 spiro atoms. The molecule has 0 bridgehead atoms. The van der Waals surface area contributed by atoms with Gasteiger partial charge in [-0.2, -0.15) is 0 Å². The molecule has 13 heteroatoms. The lowest BCUT2D eigenvalue weighted by atomic mass is 10.7. The van der Waals surface area contributed by atoms with Gasteiger partial charge in [0, 0.05) is 12.0 Å². The van der Waals surface area contributed by atoms with Crippen LogP contribution in [-0.4, -0.2) is 29.5 Å². The van der Waals surface area contributed by atoms with Crippen LogP contribution >= 0.6 is 11.6 Å². The van der Waals surface area contributed by atoms with Gasteiger partial charge in [0.25, 0.3) is 0 Å². The van der Waals surface area contributed by atoms with Crippen molar-refractivity contribution in [3.05, 3.63) is 36.2 Å². The molecule has 1 rings (SSSR count). The molecule has 0 saturated carbocycles. The number of hydrogen-bond acceptors (Lipinski definition) is 8. The van der Waals surface area contributed by atoms with E-state index >= 15 is 0 Å². The normalized spacial score (nSPS) is 11.2. The topological polar surface area (TPSA) is 160 Å². The van der Waals surface area contributed by atoms with Crippen molar-refractivity contribution in [2.75, 3.05) is 0 Å². The predicted molar refractivity (Wildman–Crippen MR) is 49.2 cm³/mol. The molecular weight excluding hydrogens is 264 g/mol. The zero-order valence-corrected chi connectivity index (χ0v) is 8.77. The smallest absolute Gasteiger partial charge is 0.390 e. The third kappa shape index (κ3) is 1.84. The zero-order chi connectivity index (χ0) is 13.4. The van der Waals surface area contributed by atoms with Crippen LogP contribution in [0.15, 0.2) is 0 Å². The minimum Gasteiger partial charge on any atom is -0.390 e. The molecule has 0 amide bonds. The molecule has 0 radical (unpaired) electrons. The minimum absolute atomic E-state index is 0.0622. The molecule has 0 fully saturated rings. The van der Waals surface area contributed by atoms with E-state index in [1.54, 1.807) is 0 Å². The van der Waals surface area contributed by atoms with Gasteiger partial charge in [-0.3, -0.25) is 20.2 Å². The van der Waals surface area contributed by atoms with Gasteiger partial charge >= 0.3 is 11.2 Å². The molecule has 1 heterocycles. The maximum Gasteiger partial charge on any atom is 0.661 e. The van der Waals surface area contributed by atoms with Crippen molar-refractivity contribution in [2.24, 2.45) is 0 Å². The number of aryl methyl sites for hydroxylation is 1. The summed E-state index contributed by atoms with van der Waals surface area (Å²) in [6.07, 6.45) is 0. The summed E-state index contributed by atoms with van der Waals surface area (Å²) in [5.74, 6) is -1.45. The Bertz CT molecular complexity index is 497. The minimum atomic E-state index is -3.36. The third-order valence-corrected chi connectivity index (χ3v) is 2.09. The Morgan fingerprint density at radius 3 is 2.00 bits per heavy atom. The fourth-order valence-corrected chi connectivity index (χ4v) is 1.10. The number of halogens is 1. The highest BCUT2D eigenvalue weighted by atomic mass is 35.5. The van der Waals surface area contributed by atoms with Gasteiger partial charge in [0.2, 0.25) is 5.82 Å². The summed E-state index contributed by atoms with van der Waals surface area (Å²) >= 11 is 5.20. The van der Waals surface area contributed by atoms with Crippen LogP contribution in [0, 0.1) is 37.3 Å². The van der Waals surface area contributed by atoms with E-state index in [2.05, 4.69) is 10.1 Å². The Kier molecular flexibility index (Phi) is 2.91. The molecule has 12 nitrogen and oxygen atoms in total. The van der Waals surface area contributed by atoms with Gasteiger partial charge in [-0.25, -0.2) is 0 Å². The SMILES string of the molecule is Cc1nc([N+](=O)[O-])nn1C(Cl)([N+](=O)[O-])[N+](=O)[O-]. The fourth-order valence-electron chi connectivity index (χ4n) is 0.944. The van der Waals surface area contributed by atoms with E-state index in [0.29, 0.717) is 0 Å². The zero-order valence-electron chi connectivity index (χ0n) is 8.01. The van der Waals surface area contributed by atoms with Crippen LogP contribution < -0.4 is 0 Å². The largest absolute Gasteiger partial charge is 0.661 e. The standard InChI is InChI=1S/C4H3ClN6O6/c1-2-6-3(9(12)13)7-8(2)4(5,10(14)15)11(16)17/h1H3. The summed E-state index contributed by atoms with van der Waals surface area (Å²) < 4.78 is 0.0622. The molecule has 17 heavy (non-hydrogen) atoms. The molecule has 1 aromatic heterocycles. The summed E-state index contributed by atoms with van der Waals surface area (Å²) in [5, 5.41) is 31.1. The van der Waals surface area contributed by atoms with Gasteiger partial charge < -0.3 is 10.1 Å². The number of rotatable bonds is 4. The highest BCUT2D eigenvalue weighted by molar-refractivity contribution is 6.19. The van der Waals surface area contributed by atoms with Crippen LogP contribution in [-0.2, 0) is 5.25 Å². The first-order valence-corrected chi connectivity index (χ1v) is 4.15. The number of nitrogens with zero attached hydrogens (tertiary/aromatic N) is 6. The predicted octanol–water partition coefficient (Wildman–Crippen LogP) is -0.145. The van der Waals surface area contributed by atoms with Gasteiger partial charge in [-0.05, 0) is 14.6 Å². The average Bonchev–Trinajstić information content (AvgIpc) is 2.58. The van der Waals surface area contributed by atoms with Crippen molar-refractivity contribution in [3.8, 4) is 0 Å². The van der Waals surface area contributed by atoms with E-state index in [0.717, 1.165) is 6.92 Å². The van der Waals surface area contributed by atoms with Crippen molar-refractivity contribution in [1.82, 2.24) is 14.8 Å². The lowest BCUT2D eigenvalue weighted by Gasteiger charge is -2.06. The molecule has 0 N–H and O–H groups in total. The summed E-state index contributed by atoms with van der Waals surface area (Å²) in [6.45, 7) is 1.06. The monoisotopic (exact) mass is 266 g/mol. The van der Waals surface area contributed by atoms with E-state index in [9.17, 15) is 30.3 Å². The lowest BCUT2D eigenvalue weighted by Crippen LogP contribution is -2.44. The van der Waals surface area contributed by atoms with Crippen molar-refractivity contribution < 1.29 is 14.8 Å². The molecule has 0 aliphatic carbocycles. The molecule has 92 valence electrons. The number of hydrogen-bond donors (Lipinski definition) is 0. The Labute approximate surface area is 96.3 Å². The van der Waals surface area contributed by atoms with Crippen LogP contribution in [0.1, 0.15) is 5.82 Å². The summed E-state index contributed by atoms with van der Waals surface area (Å²) in [6, 6.07) is 0. The Hall–Kier alpha value is -2.37. The average molecular weight is 267 g/mol. The fraction of sp³-hybridized carbons (Fsp3) is 0.500. The molecule has 0 saturated heterocycles. The van der Waals surface area contributed by atoms with Gasteiger partial charge in [0.15, 0.2) is 0 Å². The number of aromatic nitrogens is 3. The van der Waals surface area contributed by atoms with Gasteiger partial charge in [0.1, 0.15) is 9.85 Å². The highest BCUT2D eigenvalue weighted by Crippen LogP contribution is 2.25. The van der Waals surface area contributed by atoms with Gasteiger partial charge in [0.05, 0.1) is 11.6 Å². The number of alkyl halides is 1. The number of nitro groups is 3. The summed E-state index contributed by atoms with van der Waals surface area (Å²) in [7, 11) is 0. The quantitative estimate of drug-likeness (QED) is 0.239. The first-order chi connectivity index (χ1) is 7.71. The Morgan fingerprint density at radius 1 is 1.24 bits per heavy atom. The molecular formula is C4H3ClN6O6. The van der Waals surface area contributed by atoms with Crippen molar-refractivity contribution in [1.29, 1.82) is 0 Å². The summed E-state index contributed by atoms with van der Waals surface area (Å²) in [4.78, 5) is 30.7. The second kappa shape index (κ2) is 3.89. The Balaban J connectivity index is 3.45. The first kappa shape index (κ1) is 12.7. The summed E-state index contributed by atoms with van der Waals surface area (Å²) in [5.41, 5.74) is 0. The highest BCUT2D eigenvalue weighted by Gasteiger charge is 2.62. The Morgan fingerprint density at radius 2 is 1.71 bits per heavy atom. The van der Waals surface area contributed by atoms with Crippen molar-refractivity contribution in [3.63, 3.8) is 0 Å². The first-order valence-electron chi connectivity index (χ1n) is 3.77. The third-order valence-electron chi connectivity index (χ3n) is 1.66. The van der Waals surface area contributed by atoms with Gasteiger partial charge in [-0.15, -0.1) is 0 Å². The second-order valence-electron chi connectivity index (χ2n) is 2.70. The van der Waals surface area contributed by atoms with E-state index in [4.69, 9.17) is 11.6 Å². The van der Waals surface area contributed by atoms with Crippen LogP contribution in [0.25, 0.3) is 0 Å². The molecule has 0 atom stereocenters. The molecule has 1 aromatic rings. The lowest BCUT2D eigenvalue weighted by molar-refractivity contribution is -0.802. The molecule has 0 aromatic carbocycles.